The summed E-state index contributed by atoms with van der Waals surface area (Å²) < 4.78 is 0. The van der Waals surface area contributed by atoms with Gasteiger partial charge in [-0.3, -0.25) is 0 Å². The van der Waals surface area contributed by atoms with Crippen LogP contribution in [0.3, 0.4) is 0 Å². The molecule has 0 amide bonds. The predicted octanol–water partition coefficient (Wildman–Crippen LogP) is 8.66. The first-order valence-corrected chi connectivity index (χ1v) is 19.3. The van der Waals surface area contributed by atoms with Gasteiger partial charge in [0.2, 0.25) is 0 Å². The molecule has 0 spiro atoms. The van der Waals surface area contributed by atoms with Crippen LogP contribution in [0.25, 0.3) is 10.8 Å². The van der Waals surface area contributed by atoms with E-state index in [9.17, 15) is 0 Å². The highest BCUT2D eigenvalue weighted by atomic mass is 28.3. The van der Waals surface area contributed by atoms with E-state index in [1.807, 2.05) is 0 Å². The van der Waals surface area contributed by atoms with Gasteiger partial charge in [0.1, 0.15) is 8.24 Å². The quantitative estimate of drug-likeness (QED) is 0.175. The topological polar surface area (TPSA) is 12.0 Å². The summed E-state index contributed by atoms with van der Waals surface area (Å²) in [5.74, 6) is 0.286. The lowest BCUT2D eigenvalue weighted by atomic mass is 9.58. The SMILES string of the molecule is CC1(C)CCC(C)(C)C2=CC3C(=c4ccccc4=C3[Si](C)(C)NC(c3ccccc3)(c3ccccc3)c3ccccc3)C=C21. The first kappa shape index (κ1) is 29.0. The van der Waals surface area contributed by atoms with Crippen molar-refractivity contribution in [2.24, 2.45) is 16.7 Å². The molecule has 3 aliphatic rings. The maximum atomic E-state index is 4.52. The van der Waals surface area contributed by atoms with E-state index in [0.717, 1.165) is 0 Å². The summed E-state index contributed by atoms with van der Waals surface area (Å²) in [7, 11) is -2.38. The van der Waals surface area contributed by atoms with E-state index in [4.69, 9.17) is 0 Å². The molecule has 4 aromatic rings. The minimum absolute atomic E-state index is 0.174. The Morgan fingerprint density at radius 1 is 0.591 bits per heavy atom. The molecule has 7 rings (SSSR count). The minimum Gasteiger partial charge on any atom is -0.317 e. The third kappa shape index (κ3) is 4.54. The molecule has 0 aromatic heterocycles. The van der Waals surface area contributed by atoms with Crippen molar-refractivity contribution in [2.75, 3.05) is 0 Å². The van der Waals surface area contributed by atoms with Crippen molar-refractivity contribution < 1.29 is 0 Å². The zero-order valence-corrected chi connectivity index (χ0v) is 28.1. The van der Waals surface area contributed by atoms with Gasteiger partial charge in [0.05, 0.1) is 5.54 Å². The van der Waals surface area contributed by atoms with Gasteiger partial charge in [-0.05, 0) is 72.7 Å². The molecule has 0 radical (unpaired) electrons. The molecule has 3 aliphatic carbocycles. The molecule has 44 heavy (non-hydrogen) atoms. The predicted molar refractivity (Wildman–Crippen MR) is 189 cm³/mol. The van der Waals surface area contributed by atoms with Crippen molar-refractivity contribution in [3.63, 3.8) is 0 Å². The first-order valence-electron chi connectivity index (χ1n) is 16.3. The summed E-state index contributed by atoms with van der Waals surface area (Å²) in [4.78, 5) is 4.52. The number of hydrogen-bond acceptors (Lipinski definition) is 1. The van der Waals surface area contributed by atoms with Crippen molar-refractivity contribution in [2.45, 2.75) is 59.2 Å². The van der Waals surface area contributed by atoms with E-state index in [-0.39, 0.29) is 16.7 Å². The third-order valence-electron chi connectivity index (χ3n) is 10.7. The molecule has 1 atom stereocenters. The second-order valence-electron chi connectivity index (χ2n) is 14.9. The highest BCUT2D eigenvalue weighted by molar-refractivity contribution is 6.91. The van der Waals surface area contributed by atoms with E-state index in [2.05, 4.69) is 173 Å². The van der Waals surface area contributed by atoms with Crippen LogP contribution in [-0.2, 0) is 5.54 Å². The van der Waals surface area contributed by atoms with Crippen LogP contribution in [0.5, 0.6) is 0 Å². The fourth-order valence-corrected chi connectivity index (χ4v) is 11.8. The van der Waals surface area contributed by atoms with Crippen LogP contribution >= 0.6 is 0 Å². The molecule has 1 saturated carbocycles. The number of hydrogen-bond donors (Lipinski definition) is 1. The standard InChI is InChI=1S/C42H45NSi/c1-40(2)26-27-41(3,4)38-29-36-35(28-37(38)40)33-24-16-17-25-34(33)39(36)44(5,6)43-42(30-18-10-7-11-19-30,31-20-12-8-13-21-31)32-22-14-9-15-23-32/h7-25,28-29,36,43H,26-27H2,1-6H3. The Bertz CT molecular complexity index is 1800. The Labute approximate surface area is 264 Å². The Hall–Kier alpha value is -3.72. The Kier molecular flexibility index (Phi) is 6.88. The molecule has 0 heterocycles. The van der Waals surface area contributed by atoms with E-state index >= 15 is 0 Å². The van der Waals surface area contributed by atoms with Gasteiger partial charge in [0.25, 0.3) is 0 Å². The summed E-state index contributed by atoms with van der Waals surface area (Å²) in [6.07, 6.45) is 7.75. The molecular formula is C42H45NSi. The lowest BCUT2D eigenvalue weighted by Gasteiger charge is -2.48. The van der Waals surface area contributed by atoms with E-state index < -0.39 is 13.8 Å². The zero-order valence-electron chi connectivity index (χ0n) is 27.1. The largest absolute Gasteiger partial charge is 0.317 e. The highest BCUT2D eigenvalue weighted by Crippen LogP contribution is 2.56. The van der Waals surface area contributed by atoms with E-state index in [1.54, 1.807) is 16.3 Å². The van der Waals surface area contributed by atoms with Crippen LogP contribution in [0, 0.1) is 16.7 Å². The molecule has 1 N–H and O–H groups in total. The number of rotatable bonds is 6. The molecule has 0 aliphatic heterocycles. The van der Waals surface area contributed by atoms with Gasteiger partial charge in [0.15, 0.2) is 0 Å². The molecular weight excluding hydrogens is 547 g/mol. The maximum absolute atomic E-state index is 4.52. The molecule has 222 valence electrons. The van der Waals surface area contributed by atoms with Gasteiger partial charge in [0, 0.05) is 5.92 Å². The molecule has 0 saturated heterocycles. The van der Waals surface area contributed by atoms with Crippen LogP contribution in [-0.4, -0.2) is 8.24 Å². The van der Waals surface area contributed by atoms with Gasteiger partial charge >= 0.3 is 0 Å². The van der Waals surface area contributed by atoms with Crippen molar-refractivity contribution in [1.82, 2.24) is 4.98 Å². The van der Waals surface area contributed by atoms with Crippen LogP contribution in [0.2, 0.25) is 13.1 Å². The second-order valence-corrected chi connectivity index (χ2v) is 18.9. The van der Waals surface area contributed by atoms with Crippen LogP contribution in [0.15, 0.2) is 139 Å². The normalized spacial score (nSPS) is 20.3. The number of allylic oxidation sites excluding steroid dienone is 4. The Balaban J connectivity index is 1.48. The van der Waals surface area contributed by atoms with Gasteiger partial charge in [-0.25, -0.2) is 0 Å². The third-order valence-corrected chi connectivity index (χ3v) is 13.7. The van der Waals surface area contributed by atoms with Crippen molar-refractivity contribution >= 4 is 19.0 Å². The molecule has 1 unspecified atom stereocenters. The summed E-state index contributed by atoms with van der Waals surface area (Å²) in [6, 6.07) is 42.5. The fraction of sp³-hybridized carbons (Fsp3) is 0.286. The van der Waals surface area contributed by atoms with Gasteiger partial charge in [-0.2, -0.15) is 0 Å². The zero-order chi connectivity index (χ0) is 30.7. The number of nitrogens with one attached hydrogen (secondary N) is 1. The first-order chi connectivity index (χ1) is 21.0. The number of benzene rings is 4. The minimum atomic E-state index is -2.38. The lowest BCUT2D eigenvalue weighted by molar-refractivity contribution is 0.258. The Morgan fingerprint density at radius 3 is 1.52 bits per heavy atom. The van der Waals surface area contributed by atoms with Crippen molar-refractivity contribution in [3.05, 3.63) is 166 Å². The molecule has 1 fully saturated rings. The fourth-order valence-electron chi connectivity index (χ4n) is 8.38. The van der Waals surface area contributed by atoms with E-state index in [1.165, 1.54) is 45.5 Å². The summed E-state index contributed by atoms with van der Waals surface area (Å²) in [6.45, 7) is 14.9. The van der Waals surface area contributed by atoms with Gasteiger partial charge in [-0.1, -0.05) is 168 Å². The van der Waals surface area contributed by atoms with Crippen LogP contribution in [0.1, 0.15) is 57.2 Å². The second kappa shape index (κ2) is 10.4. The summed E-state index contributed by atoms with van der Waals surface area (Å²) >= 11 is 0. The maximum Gasteiger partial charge on any atom is 0.150 e. The van der Waals surface area contributed by atoms with Crippen molar-refractivity contribution in [3.8, 4) is 0 Å². The van der Waals surface area contributed by atoms with Gasteiger partial charge < -0.3 is 4.98 Å². The van der Waals surface area contributed by atoms with Crippen LogP contribution in [0.4, 0.5) is 0 Å². The van der Waals surface area contributed by atoms with E-state index in [0.29, 0.717) is 0 Å². The van der Waals surface area contributed by atoms with Gasteiger partial charge in [-0.15, -0.1) is 0 Å². The molecule has 1 nitrogen and oxygen atoms in total. The van der Waals surface area contributed by atoms with Crippen molar-refractivity contribution in [1.29, 1.82) is 0 Å². The highest BCUT2D eigenvalue weighted by Gasteiger charge is 2.48. The monoisotopic (exact) mass is 591 g/mol. The van der Waals surface area contributed by atoms with Crippen LogP contribution < -0.4 is 15.4 Å². The summed E-state index contributed by atoms with van der Waals surface area (Å²) in [5, 5.41) is 4.45. The smallest absolute Gasteiger partial charge is 0.150 e. The molecule has 2 heteroatoms. The average molecular weight is 592 g/mol. The lowest BCUT2D eigenvalue weighted by Crippen LogP contribution is -2.60. The Morgan fingerprint density at radius 2 is 1.02 bits per heavy atom. The summed E-state index contributed by atoms with van der Waals surface area (Å²) in [5.41, 5.74) is 8.29. The average Bonchev–Trinajstić information content (AvgIpc) is 3.37. The number of fused-ring (bicyclic) bond motifs is 3. The molecule has 4 aromatic carbocycles. The molecule has 0 bridgehead atoms.